The number of benzene rings is 2. The molecule has 0 spiro atoms. The first-order valence-electron chi connectivity index (χ1n) is 6.27. The molecule has 98 valence electrons. The van der Waals surface area contributed by atoms with E-state index < -0.39 is 0 Å². The summed E-state index contributed by atoms with van der Waals surface area (Å²) in [7, 11) is 0. The van der Waals surface area contributed by atoms with E-state index in [1.54, 1.807) is 6.07 Å². The average Bonchev–Trinajstić information content (AvgIpc) is 2.41. The van der Waals surface area contributed by atoms with E-state index in [0.717, 1.165) is 16.7 Å². The van der Waals surface area contributed by atoms with Gasteiger partial charge in [-0.15, -0.1) is 0 Å². The van der Waals surface area contributed by atoms with Gasteiger partial charge in [0, 0.05) is 17.8 Å². The van der Waals surface area contributed by atoms with Crippen LogP contribution in [0.1, 0.15) is 27.0 Å². The number of aryl methyl sites for hydroxylation is 2. The third-order valence-corrected chi connectivity index (χ3v) is 3.15. The van der Waals surface area contributed by atoms with Gasteiger partial charge in [0.05, 0.1) is 0 Å². The Kier molecular flexibility index (Phi) is 3.85. The molecule has 3 nitrogen and oxygen atoms in total. The lowest BCUT2D eigenvalue weighted by atomic mass is 10.0. The van der Waals surface area contributed by atoms with Crippen molar-refractivity contribution in [2.75, 3.05) is 5.73 Å². The van der Waals surface area contributed by atoms with Crippen molar-refractivity contribution < 1.29 is 4.79 Å². The molecule has 0 aliphatic rings. The first kappa shape index (κ1) is 13.1. The lowest BCUT2D eigenvalue weighted by Crippen LogP contribution is -2.23. The number of anilines is 1. The molecule has 1 amide bonds. The van der Waals surface area contributed by atoms with Gasteiger partial charge in [-0.05, 0) is 36.6 Å². The Bertz CT molecular complexity index is 591. The molecular formula is C16H18N2O. The van der Waals surface area contributed by atoms with Crippen LogP contribution in [0.2, 0.25) is 0 Å². The molecule has 0 radical (unpaired) electrons. The van der Waals surface area contributed by atoms with E-state index >= 15 is 0 Å². The summed E-state index contributed by atoms with van der Waals surface area (Å²) in [6.07, 6.45) is 0. The van der Waals surface area contributed by atoms with Crippen molar-refractivity contribution in [1.29, 1.82) is 0 Å². The first-order valence-corrected chi connectivity index (χ1v) is 6.27. The Hall–Kier alpha value is -2.29. The van der Waals surface area contributed by atoms with Gasteiger partial charge in [0.1, 0.15) is 0 Å². The molecule has 3 N–H and O–H groups in total. The van der Waals surface area contributed by atoms with E-state index in [-0.39, 0.29) is 5.91 Å². The molecular weight excluding hydrogens is 236 g/mol. The minimum Gasteiger partial charge on any atom is -0.398 e. The van der Waals surface area contributed by atoms with Gasteiger partial charge >= 0.3 is 0 Å². The van der Waals surface area contributed by atoms with Crippen LogP contribution in [0.15, 0.2) is 42.5 Å². The summed E-state index contributed by atoms with van der Waals surface area (Å²) < 4.78 is 0. The fraction of sp³-hybridized carbons (Fsp3) is 0.188. The summed E-state index contributed by atoms with van der Waals surface area (Å²) in [6, 6.07) is 13.5. The Morgan fingerprint density at radius 1 is 1.11 bits per heavy atom. The molecule has 2 rings (SSSR count). The van der Waals surface area contributed by atoms with Crippen molar-refractivity contribution in [3.63, 3.8) is 0 Å². The summed E-state index contributed by atoms with van der Waals surface area (Å²) in [5, 5.41) is 2.91. The van der Waals surface area contributed by atoms with Crippen LogP contribution in [0.3, 0.4) is 0 Å². The molecule has 2 aromatic carbocycles. The molecule has 0 aliphatic carbocycles. The normalized spacial score (nSPS) is 10.2. The zero-order valence-electron chi connectivity index (χ0n) is 11.2. The minimum absolute atomic E-state index is 0.0898. The molecule has 0 unspecified atom stereocenters. The third-order valence-electron chi connectivity index (χ3n) is 3.15. The van der Waals surface area contributed by atoms with E-state index in [9.17, 15) is 4.79 Å². The van der Waals surface area contributed by atoms with Gasteiger partial charge in [0.25, 0.3) is 5.91 Å². The first-order chi connectivity index (χ1) is 9.08. The molecule has 3 heteroatoms. The van der Waals surface area contributed by atoms with E-state index in [0.29, 0.717) is 17.8 Å². The fourth-order valence-corrected chi connectivity index (χ4v) is 1.99. The second-order valence-electron chi connectivity index (χ2n) is 4.69. The maximum atomic E-state index is 12.1. The van der Waals surface area contributed by atoms with Gasteiger partial charge in [0.15, 0.2) is 0 Å². The molecule has 0 aromatic heterocycles. The van der Waals surface area contributed by atoms with E-state index in [1.807, 2.05) is 50.2 Å². The lowest BCUT2D eigenvalue weighted by molar-refractivity contribution is 0.0950. The lowest BCUT2D eigenvalue weighted by Gasteiger charge is -2.10. The third kappa shape index (κ3) is 3.13. The molecule has 0 bridgehead atoms. The van der Waals surface area contributed by atoms with Crippen LogP contribution < -0.4 is 11.1 Å². The molecule has 0 aliphatic heterocycles. The van der Waals surface area contributed by atoms with Gasteiger partial charge in [-0.3, -0.25) is 4.79 Å². The number of amides is 1. The van der Waals surface area contributed by atoms with Crippen molar-refractivity contribution >= 4 is 11.6 Å². The summed E-state index contributed by atoms with van der Waals surface area (Å²) >= 11 is 0. The highest BCUT2D eigenvalue weighted by molar-refractivity contribution is 5.96. The van der Waals surface area contributed by atoms with E-state index in [2.05, 4.69) is 5.32 Å². The van der Waals surface area contributed by atoms with E-state index in [4.69, 9.17) is 5.73 Å². The smallest absolute Gasteiger partial charge is 0.251 e. The standard InChI is InChI=1S/C16H18N2O/c1-11-8-12(2)15(17)9-14(11)16(19)18-10-13-6-4-3-5-7-13/h3-9H,10,17H2,1-2H3,(H,18,19). The molecule has 0 saturated carbocycles. The SMILES string of the molecule is Cc1cc(C)c(C(=O)NCc2ccccc2)cc1N. The van der Waals surface area contributed by atoms with Crippen LogP contribution in [-0.4, -0.2) is 5.91 Å². The van der Waals surface area contributed by atoms with Crippen molar-refractivity contribution in [2.45, 2.75) is 20.4 Å². The summed E-state index contributed by atoms with van der Waals surface area (Å²) in [6.45, 7) is 4.38. The molecule has 0 saturated heterocycles. The number of nitrogens with one attached hydrogen (secondary N) is 1. The molecule has 0 atom stereocenters. The van der Waals surface area contributed by atoms with Crippen LogP contribution in [0.25, 0.3) is 0 Å². The van der Waals surface area contributed by atoms with Gasteiger partial charge < -0.3 is 11.1 Å². The summed E-state index contributed by atoms with van der Waals surface area (Å²) in [4.78, 5) is 12.1. The summed E-state index contributed by atoms with van der Waals surface area (Å²) in [5.41, 5.74) is 10.2. The van der Waals surface area contributed by atoms with Crippen LogP contribution >= 0.6 is 0 Å². The Morgan fingerprint density at radius 2 is 1.79 bits per heavy atom. The molecule has 19 heavy (non-hydrogen) atoms. The number of carbonyl (C=O) groups excluding carboxylic acids is 1. The van der Waals surface area contributed by atoms with Crippen molar-refractivity contribution in [3.8, 4) is 0 Å². The number of rotatable bonds is 3. The number of nitrogens with two attached hydrogens (primary N) is 1. The largest absolute Gasteiger partial charge is 0.398 e. The highest BCUT2D eigenvalue weighted by atomic mass is 16.1. The topological polar surface area (TPSA) is 55.1 Å². The zero-order valence-corrected chi connectivity index (χ0v) is 11.2. The van der Waals surface area contributed by atoms with Crippen LogP contribution in [0.5, 0.6) is 0 Å². The summed E-state index contributed by atoms with van der Waals surface area (Å²) in [5.74, 6) is -0.0898. The minimum atomic E-state index is -0.0898. The maximum absolute atomic E-state index is 12.1. The predicted octanol–water partition coefficient (Wildman–Crippen LogP) is 2.82. The number of carbonyl (C=O) groups is 1. The quantitative estimate of drug-likeness (QED) is 0.827. The van der Waals surface area contributed by atoms with Gasteiger partial charge in [-0.25, -0.2) is 0 Å². The molecule has 0 fully saturated rings. The van der Waals surface area contributed by atoms with Gasteiger partial charge in [-0.2, -0.15) is 0 Å². The van der Waals surface area contributed by atoms with Crippen LogP contribution in [-0.2, 0) is 6.54 Å². The monoisotopic (exact) mass is 254 g/mol. The van der Waals surface area contributed by atoms with Crippen LogP contribution in [0, 0.1) is 13.8 Å². The van der Waals surface area contributed by atoms with Crippen molar-refractivity contribution in [1.82, 2.24) is 5.32 Å². The van der Waals surface area contributed by atoms with Crippen molar-refractivity contribution in [3.05, 3.63) is 64.7 Å². The van der Waals surface area contributed by atoms with Gasteiger partial charge in [0.2, 0.25) is 0 Å². The average molecular weight is 254 g/mol. The Labute approximate surface area is 113 Å². The fourth-order valence-electron chi connectivity index (χ4n) is 1.99. The Morgan fingerprint density at radius 3 is 2.47 bits per heavy atom. The Balaban J connectivity index is 2.10. The number of hydrogen-bond donors (Lipinski definition) is 2. The zero-order chi connectivity index (χ0) is 13.8. The number of hydrogen-bond acceptors (Lipinski definition) is 2. The molecule has 0 heterocycles. The second-order valence-corrected chi connectivity index (χ2v) is 4.69. The van der Waals surface area contributed by atoms with E-state index in [1.165, 1.54) is 0 Å². The van der Waals surface area contributed by atoms with Crippen molar-refractivity contribution in [2.24, 2.45) is 0 Å². The maximum Gasteiger partial charge on any atom is 0.251 e. The predicted molar refractivity (Wildman–Crippen MR) is 77.9 cm³/mol. The highest BCUT2D eigenvalue weighted by Crippen LogP contribution is 2.17. The second kappa shape index (κ2) is 5.57. The van der Waals surface area contributed by atoms with Crippen LogP contribution in [0.4, 0.5) is 5.69 Å². The number of nitrogen functional groups attached to an aromatic ring is 1. The van der Waals surface area contributed by atoms with Gasteiger partial charge in [-0.1, -0.05) is 36.4 Å². The molecule has 2 aromatic rings. The highest BCUT2D eigenvalue weighted by Gasteiger charge is 2.10.